The molecule has 1 atom stereocenters. The molecule has 0 saturated carbocycles. The lowest BCUT2D eigenvalue weighted by atomic mass is 10.2. The Morgan fingerprint density at radius 2 is 1.73 bits per heavy atom. The van der Waals surface area contributed by atoms with Crippen LogP contribution in [0.4, 0.5) is 15.8 Å². The van der Waals surface area contributed by atoms with E-state index in [2.05, 4.69) is 10.6 Å². The van der Waals surface area contributed by atoms with E-state index >= 15 is 0 Å². The predicted octanol–water partition coefficient (Wildman–Crippen LogP) is 4.03. The fourth-order valence-corrected chi connectivity index (χ4v) is 2.54. The molecule has 26 heavy (non-hydrogen) atoms. The van der Waals surface area contributed by atoms with E-state index < -0.39 is 11.9 Å². The van der Waals surface area contributed by atoms with Crippen molar-refractivity contribution in [2.45, 2.75) is 13.0 Å². The number of nitrogens with one attached hydrogen (secondary N) is 2. The number of anilines is 2. The molecular formula is C18H18Cl2FN3O2. The van der Waals surface area contributed by atoms with Gasteiger partial charge in [0.25, 0.3) is 0 Å². The lowest BCUT2D eigenvalue weighted by Crippen LogP contribution is -2.43. The number of hydrogen-bond acceptors (Lipinski definition) is 3. The van der Waals surface area contributed by atoms with Crippen LogP contribution in [0, 0.1) is 5.82 Å². The van der Waals surface area contributed by atoms with Gasteiger partial charge in [-0.3, -0.25) is 14.5 Å². The Morgan fingerprint density at radius 3 is 2.38 bits per heavy atom. The van der Waals surface area contributed by atoms with Crippen LogP contribution in [0.5, 0.6) is 0 Å². The lowest BCUT2D eigenvalue weighted by Gasteiger charge is -2.23. The van der Waals surface area contributed by atoms with E-state index in [0.717, 1.165) is 6.07 Å². The molecule has 2 aromatic rings. The summed E-state index contributed by atoms with van der Waals surface area (Å²) in [6.45, 7) is 1.63. The second-order valence-electron chi connectivity index (χ2n) is 5.73. The van der Waals surface area contributed by atoms with E-state index in [0.29, 0.717) is 16.4 Å². The number of benzene rings is 2. The van der Waals surface area contributed by atoms with Crippen LogP contribution in [0.1, 0.15) is 6.92 Å². The summed E-state index contributed by atoms with van der Waals surface area (Å²) in [5.74, 6) is -1.17. The summed E-state index contributed by atoms with van der Waals surface area (Å²) < 4.78 is 13.1. The summed E-state index contributed by atoms with van der Waals surface area (Å²) in [6.07, 6.45) is 0. The van der Waals surface area contributed by atoms with Crippen molar-refractivity contribution in [3.8, 4) is 0 Å². The van der Waals surface area contributed by atoms with Crippen LogP contribution in [0.3, 0.4) is 0 Å². The van der Waals surface area contributed by atoms with Crippen LogP contribution in [0.15, 0.2) is 42.5 Å². The smallest absolute Gasteiger partial charge is 0.241 e. The molecule has 0 heterocycles. The number of carbonyl (C=O) groups excluding carboxylic acids is 2. The Labute approximate surface area is 161 Å². The number of nitrogens with zero attached hydrogens (tertiary/aromatic N) is 1. The van der Waals surface area contributed by atoms with E-state index in [4.69, 9.17) is 23.2 Å². The highest BCUT2D eigenvalue weighted by Crippen LogP contribution is 2.23. The molecule has 0 radical (unpaired) electrons. The van der Waals surface area contributed by atoms with Gasteiger partial charge < -0.3 is 10.6 Å². The molecular weight excluding hydrogens is 380 g/mol. The Bertz CT molecular complexity index is 817. The van der Waals surface area contributed by atoms with Crippen molar-refractivity contribution in [2.75, 3.05) is 24.2 Å². The largest absolute Gasteiger partial charge is 0.324 e. The molecule has 2 amide bonds. The van der Waals surface area contributed by atoms with E-state index in [1.165, 1.54) is 12.1 Å². The molecule has 0 spiro atoms. The maximum absolute atomic E-state index is 13.1. The fourth-order valence-electron chi connectivity index (χ4n) is 2.14. The summed E-state index contributed by atoms with van der Waals surface area (Å²) in [5, 5.41) is 5.84. The van der Waals surface area contributed by atoms with Crippen LogP contribution in [-0.2, 0) is 9.59 Å². The summed E-state index contributed by atoms with van der Waals surface area (Å²) in [5.41, 5.74) is 0.807. The molecule has 0 bridgehead atoms. The minimum atomic E-state index is -0.617. The first kappa shape index (κ1) is 20.2. The SMILES string of the molecule is C[C@@H](C(=O)Nc1ccc(F)cc1Cl)N(C)CC(=O)Nc1ccccc1Cl. The molecule has 0 aliphatic rings. The van der Waals surface area contributed by atoms with Gasteiger partial charge in [-0.25, -0.2) is 4.39 Å². The van der Waals surface area contributed by atoms with Crippen LogP contribution in [-0.4, -0.2) is 36.3 Å². The molecule has 2 aromatic carbocycles. The highest BCUT2D eigenvalue weighted by Gasteiger charge is 2.21. The first-order chi connectivity index (χ1) is 12.3. The second kappa shape index (κ2) is 8.98. The predicted molar refractivity (Wildman–Crippen MR) is 102 cm³/mol. The van der Waals surface area contributed by atoms with Crippen LogP contribution < -0.4 is 10.6 Å². The molecule has 0 unspecified atom stereocenters. The van der Waals surface area contributed by atoms with Gasteiger partial charge in [0.15, 0.2) is 0 Å². The van der Waals surface area contributed by atoms with E-state index in [9.17, 15) is 14.0 Å². The Balaban J connectivity index is 1.93. The van der Waals surface area contributed by atoms with E-state index in [1.54, 1.807) is 43.1 Å². The molecule has 138 valence electrons. The minimum Gasteiger partial charge on any atom is -0.324 e. The quantitative estimate of drug-likeness (QED) is 0.773. The van der Waals surface area contributed by atoms with Gasteiger partial charge in [0.2, 0.25) is 11.8 Å². The van der Waals surface area contributed by atoms with Crippen molar-refractivity contribution in [3.63, 3.8) is 0 Å². The van der Waals surface area contributed by atoms with E-state index in [1.807, 2.05) is 0 Å². The number of hydrogen-bond donors (Lipinski definition) is 2. The standard InChI is InChI=1S/C18H18Cl2FN3O2/c1-11(18(26)23-16-8-7-12(21)9-14(16)20)24(2)10-17(25)22-15-6-4-3-5-13(15)19/h3-9,11H,10H2,1-2H3,(H,22,25)(H,23,26)/t11-/m0/s1. The van der Waals surface area contributed by atoms with Gasteiger partial charge >= 0.3 is 0 Å². The Hall–Kier alpha value is -2.15. The monoisotopic (exact) mass is 397 g/mol. The van der Waals surface area contributed by atoms with Crippen molar-refractivity contribution < 1.29 is 14.0 Å². The maximum Gasteiger partial charge on any atom is 0.241 e. The summed E-state index contributed by atoms with van der Waals surface area (Å²) in [4.78, 5) is 26.0. The van der Waals surface area contributed by atoms with Crippen LogP contribution >= 0.6 is 23.2 Å². The third-order valence-electron chi connectivity index (χ3n) is 3.77. The van der Waals surface area contributed by atoms with Gasteiger partial charge in [-0.1, -0.05) is 35.3 Å². The van der Waals surface area contributed by atoms with Gasteiger partial charge in [0.1, 0.15) is 5.82 Å². The summed E-state index contributed by atoms with van der Waals surface area (Å²) in [7, 11) is 1.64. The third kappa shape index (κ3) is 5.42. The van der Waals surface area contributed by atoms with Gasteiger partial charge in [-0.2, -0.15) is 0 Å². The molecule has 0 saturated heterocycles. The van der Waals surface area contributed by atoms with Gasteiger partial charge in [-0.05, 0) is 44.3 Å². The van der Waals surface area contributed by atoms with Gasteiger partial charge in [0, 0.05) is 0 Å². The molecule has 5 nitrogen and oxygen atoms in total. The molecule has 0 aliphatic carbocycles. The third-order valence-corrected chi connectivity index (χ3v) is 4.41. The number of halogens is 3. The number of likely N-dealkylation sites (N-methyl/N-ethyl adjacent to an activating group) is 1. The Morgan fingerprint density at radius 1 is 1.08 bits per heavy atom. The molecule has 2 N–H and O–H groups in total. The van der Waals surface area contributed by atoms with Gasteiger partial charge in [0.05, 0.1) is 34.0 Å². The minimum absolute atomic E-state index is 0.0169. The zero-order valence-corrected chi connectivity index (χ0v) is 15.7. The number of rotatable bonds is 6. The zero-order chi connectivity index (χ0) is 19.3. The summed E-state index contributed by atoms with van der Waals surface area (Å²) >= 11 is 11.9. The summed E-state index contributed by atoms with van der Waals surface area (Å²) in [6, 6.07) is 9.95. The van der Waals surface area contributed by atoms with Crippen LogP contribution in [0.2, 0.25) is 10.0 Å². The first-order valence-electron chi connectivity index (χ1n) is 7.78. The molecule has 8 heteroatoms. The van der Waals surface area contributed by atoms with Gasteiger partial charge in [-0.15, -0.1) is 0 Å². The maximum atomic E-state index is 13.1. The van der Waals surface area contributed by atoms with Crippen molar-refractivity contribution in [2.24, 2.45) is 0 Å². The van der Waals surface area contributed by atoms with Crippen molar-refractivity contribution >= 4 is 46.4 Å². The van der Waals surface area contributed by atoms with Crippen molar-refractivity contribution in [1.29, 1.82) is 0 Å². The average molecular weight is 398 g/mol. The number of para-hydroxylation sites is 1. The normalized spacial score (nSPS) is 11.9. The fraction of sp³-hybridized carbons (Fsp3) is 0.222. The van der Waals surface area contributed by atoms with Crippen molar-refractivity contribution in [3.05, 3.63) is 58.3 Å². The molecule has 0 aromatic heterocycles. The first-order valence-corrected chi connectivity index (χ1v) is 8.54. The second-order valence-corrected chi connectivity index (χ2v) is 6.55. The molecule has 0 fully saturated rings. The number of amides is 2. The topological polar surface area (TPSA) is 61.4 Å². The highest BCUT2D eigenvalue weighted by atomic mass is 35.5. The Kier molecular flexibility index (Phi) is 6.97. The van der Waals surface area contributed by atoms with Crippen LogP contribution in [0.25, 0.3) is 0 Å². The molecule has 2 rings (SSSR count). The molecule has 0 aliphatic heterocycles. The lowest BCUT2D eigenvalue weighted by molar-refractivity contribution is -0.122. The van der Waals surface area contributed by atoms with E-state index in [-0.39, 0.29) is 23.4 Å². The number of carbonyl (C=O) groups is 2. The zero-order valence-electron chi connectivity index (χ0n) is 14.2. The average Bonchev–Trinajstić information content (AvgIpc) is 2.58. The highest BCUT2D eigenvalue weighted by molar-refractivity contribution is 6.34. The van der Waals surface area contributed by atoms with Crippen molar-refractivity contribution in [1.82, 2.24) is 4.90 Å².